The van der Waals surface area contributed by atoms with Gasteiger partial charge < -0.3 is 15.2 Å². The van der Waals surface area contributed by atoms with Gasteiger partial charge in [-0.15, -0.1) is 0 Å². The fourth-order valence-corrected chi connectivity index (χ4v) is 1.75. The van der Waals surface area contributed by atoms with E-state index in [1.807, 2.05) is 31.2 Å². The lowest BCUT2D eigenvalue weighted by Gasteiger charge is -2.10. The summed E-state index contributed by atoms with van der Waals surface area (Å²) in [5.41, 5.74) is 7.53. The normalized spacial score (nSPS) is 10.3. The average Bonchev–Trinajstić information content (AvgIpc) is 2.47. The Balaban J connectivity index is 1.79. The average molecular weight is 275 g/mol. The quantitative estimate of drug-likeness (QED) is 0.824. The number of aryl methyl sites for hydroxylation is 1. The zero-order chi connectivity index (χ0) is 14.4. The van der Waals surface area contributed by atoms with Gasteiger partial charge in [0.2, 0.25) is 0 Å². The van der Waals surface area contributed by atoms with E-state index in [1.54, 1.807) is 12.1 Å². The molecule has 0 aliphatic rings. The predicted molar refractivity (Wildman–Crippen MR) is 76.5 cm³/mol. The molecule has 4 heteroatoms. The molecule has 0 aromatic heterocycles. The van der Waals surface area contributed by atoms with Crippen molar-refractivity contribution in [3.8, 4) is 11.5 Å². The molecule has 3 nitrogen and oxygen atoms in total. The van der Waals surface area contributed by atoms with Gasteiger partial charge in [0.15, 0.2) is 11.6 Å². The Morgan fingerprint density at radius 3 is 2.40 bits per heavy atom. The first-order chi connectivity index (χ1) is 9.69. The molecule has 0 saturated carbocycles. The second kappa shape index (κ2) is 6.91. The Hall–Kier alpha value is -2.07. The number of hydrogen-bond donors (Lipinski definition) is 1. The van der Waals surface area contributed by atoms with Gasteiger partial charge in [0, 0.05) is 6.54 Å². The minimum atomic E-state index is -0.358. The lowest BCUT2D eigenvalue weighted by atomic mass is 10.2. The van der Waals surface area contributed by atoms with Crippen molar-refractivity contribution in [3.05, 3.63) is 59.4 Å². The van der Waals surface area contributed by atoms with E-state index < -0.39 is 0 Å². The first-order valence-electron chi connectivity index (χ1n) is 6.50. The Bertz CT molecular complexity index is 555. The second-order valence-electron chi connectivity index (χ2n) is 4.48. The van der Waals surface area contributed by atoms with Crippen LogP contribution in [-0.4, -0.2) is 13.2 Å². The monoisotopic (exact) mass is 275 g/mol. The van der Waals surface area contributed by atoms with Gasteiger partial charge in [-0.3, -0.25) is 0 Å². The molecule has 0 atom stereocenters. The topological polar surface area (TPSA) is 44.5 Å². The van der Waals surface area contributed by atoms with Gasteiger partial charge >= 0.3 is 0 Å². The summed E-state index contributed by atoms with van der Waals surface area (Å²) in [5, 5.41) is 0. The Morgan fingerprint density at radius 1 is 1.00 bits per heavy atom. The van der Waals surface area contributed by atoms with Gasteiger partial charge in [-0.1, -0.05) is 18.2 Å². The van der Waals surface area contributed by atoms with Gasteiger partial charge in [-0.05, 0) is 42.3 Å². The minimum absolute atomic E-state index is 0.257. The maximum atomic E-state index is 13.4. The first kappa shape index (κ1) is 14.3. The van der Waals surface area contributed by atoms with Crippen LogP contribution in [0.15, 0.2) is 42.5 Å². The molecule has 2 aromatic rings. The molecule has 0 amide bonds. The van der Waals surface area contributed by atoms with Gasteiger partial charge in [-0.2, -0.15) is 0 Å². The van der Waals surface area contributed by atoms with Crippen LogP contribution in [0.4, 0.5) is 4.39 Å². The third-order valence-electron chi connectivity index (χ3n) is 2.86. The largest absolute Gasteiger partial charge is 0.490 e. The fraction of sp³-hybridized carbons (Fsp3) is 0.250. The van der Waals surface area contributed by atoms with E-state index >= 15 is 0 Å². The number of ether oxygens (including phenoxy) is 2. The van der Waals surface area contributed by atoms with Gasteiger partial charge in [-0.25, -0.2) is 4.39 Å². The van der Waals surface area contributed by atoms with E-state index in [9.17, 15) is 4.39 Å². The molecule has 0 unspecified atom stereocenters. The van der Waals surface area contributed by atoms with Crippen molar-refractivity contribution >= 4 is 0 Å². The predicted octanol–water partition coefficient (Wildman–Crippen LogP) is 3.05. The highest BCUT2D eigenvalue weighted by Crippen LogP contribution is 2.18. The van der Waals surface area contributed by atoms with Crippen molar-refractivity contribution in [2.24, 2.45) is 5.73 Å². The number of hydrogen-bond acceptors (Lipinski definition) is 3. The molecule has 106 valence electrons. The summed E-state index contributed by atoms with van der Waals surface area (Å²) >= 11 is 0. The highest BCUT2D eigenvalue weighted by molar-refractivity contribution is 5.29. The van der Waals surface area contributed by atoms with Crippen LogP contribution in [0.3, 0.4) is 0 Å². The fourth-order valence-electron chi connectivity index (χ4n) is 1.75. The van der Waals surface area contributed by atoms with Crippen LogP contribution in [0.1, 0.15) is 11.1 Å². The van der Waals surface area contributed by atoms with Crippen LogP contribution >= 0.6 is 0 Å². The maximum absolute atomic E-state index is 13.4. The lowest BCUT2D eigenvalue weighted by molar-refractivity contribution is 0.211. The van der Waals surface area contributed by atoms with Crippen molar-refractivity contribution in [1.82, 2.24) is 0 Å². The molecule has 2 N–H and O–H groups in total. The van der Waals surface area contributed by atoms with E-state index in [1.165, 1.54) is 6.07 Å². The highest BCUT2D eigenvalue weighted by atomic mass is 19.1. The van der Waals surface area contributed by atoms with Gasteiger partial charge in [0.05, 0.1) is 0 Å². The number of benzene rings is 2. The zero-order valence-electron chi connectivity index (χ0n) is 11.4. The number of rotatable bonds is 6. The van der Waals surface area contributed by atoms with Crippen molar-refractivity contribution in [3.63, 3.8) is 0 Å². The lowest BCUT2D eigenvalue weighted by Crippen LogP contribution is -2.10. The van der Waals surface area contributed by atoms with Crippen LogP contribution in [0.25, 0.3) is 0 Å². The molecule has 0 fully saturated rings. The van der Waals surface area contributed by atoms with Crippen LogP contribution < -0.4 is 15.2 Å². The third-order valence-corrected chi connectivity index (χ3v) is 2.86. The molecule has 0 aliphatic heterocycles. The highest BCUT2D eigenvalue weighted by Gasteiger charge is 2.03. The Labute approximate surface area is 118 Å². The molecule has 0 radical (unpaired) electrons. The van der Waals surface area contributed by atoms with Crippen LogP contribution in [0.2, 0.25) is 0 Å². The van der Waals surface area contributed by atoms with E-state index in [2.05, 4.69) is 0 Å². The molecule has 0 saturated heterocycles. The number of halogens is 1. The van der Waals surface area contributed by atoms with E-state index in [4.69, 9.17) is 15.2 Å². The maximum Gasteiger partial charge on any atom is 0.165 e. The van der Waals surface area contributed by atoms with Gasteiger partial charge in [0.25, 0.3) is 0 Å². The molecule has 20 heavy (non-hydrogen) atoms. The summed E-state index contributed by atoms with van der Waals surface area (Å²) in [4.78, 5) is 0. The van der Waals surface area contributed by atoms with Crippen LogP contribution in [-0.2, 0) is 6.54 Å². The van der Waals surface area contributed by atoms with Crippen molar-refractivity contribution < 1.29 is 13.9 Å². The van der Waals surface area contributed by atoms with Crippen molar-refractivity contribution in [2.45, 2.75) is 13.5 Å². The summed E-state index contributed by atoms with van der Waals surface area (Å²) in [7, 11) is 0. The summed E-state index contributed by atoms with van der Waals surface area (Å²) in [6, 6.07) is 12.3. The smallest absolute Gasteiger partial charge is 0.165 e. The molecule has 2 rings (SSSR count). The first-order valence-corrected chi connectivity index (χ1v) is 6.50. The van der Waals surface area contributed by atoms with Crippen molar-refractivity contribution in [1.29, 1.82) is 0 Å². The third kappa shape index (κ3) is 3.96. The number of nitrogens with two attached hydrogens (primary N) is 1. The summed E-state index contributed by atoms with van der Waals surface area (Å²) in [6.45, 7) is 3.05. The van der Waals surface area contributed by atoms with Crippen molar-refractivity contribution in [2.75, 3.05) is 13.2 Å². The Kier molecular flexibility index (Phi) is 4.96. The van der Waals surface area contributed by atoms with E-state index in [0.29, 0.717) is 19.8 Å². The van der Waals surface area contributed by atoms with Gasteiger partial charge in [0.1, 0.15) is 19.0 Å². The Morgan fingerprint density at radius 2 is 1.70 bits per heavy atom. The summed E-state index contributed by atoms with van der Waals surface area (Å²) < 4.78 is 24.3. The standard InChI is InChI=1S/C16H18FNO2/c1-12-2-7-15(17)16(10-12)20-9-8-19-14-5-3-13(11-18)4-6-14/h2-7,10H,8-9,11,18H2,1H3. The molecular formula is C16H18FNO2. The second-order valence-corrected chi connectivity index (χ2v) is 4.48. The van der Waals surface area contributed by atoms with E-state index in [-0.39, 0.29) is 11.6 Å². The van der Waals surface area contributed by atoms with Crippen LogP contribution in [0.5, 0.6) is 11.5 Å². The minimum Gasteiger partial charge on any atom is -0.490 e. The molecule has 0 aliphatic carbocycles. The summed E-state index contributed by atoms with van der Waals surface area (Å²) in [5.74, 6) is 0.644. The van der Waals surface area contributed by atoms with Crippen LogP contribution in [0, 0.1) is 12.7 Å². The SMILES string of the molecule is Cc1ccc(F)c(OCCOc2ccc(CN)cc2)c1. The zero-order valence-corrected chi connectivity index (χ0v) is 11.4. The summed E-state index contributed by atoms with van der Waals surface area (Å²) in [6.07, 6.45) is 0. The van der Waals surface area contributed by atoms with E-state index in [0.717, 1.165) is 16.9 Å². The molecule has 0 spiro atoms. The molecule has 2 aromatic carbocycles. The molecular weight excluding hydrogens is 257 g/mol. The molecule has 0 heterocycles. The molecule has 0 bridgehead atoms.